The van der Waals surface area contributed by atoms with E-state index in [2.05, 4.69) is 20.3 Å². The van der Waals surface area contributed by atoms with Gasteiger partial charge in [-0.25, -0.2) is 23.5 Å². The number of fused-ring (bicyclic) bond motifs is 1. The second-order valence-corrected chi connectivity index (χ2v) is 10.6. The maximum absolute atomic E-state index is 15.6. The predicted octanol–water partition coefficient (Wildman–Crippen LogP) is 4.80. The zero-order valence-corrected chi connectivity index (χ0v) is 24.9. The van der Waals surface area contributed by atoms with E-state index in [9.17, 15) is 14.7 Å². The number of imidazole rings is 1. The van der Waals surface area contributed by atoms with Crippen LogP contribution in [-0.4, -0.2) is 63.4 Å². The molecule has 0 saturated carbocycles. The smallest absolute Gasteiger partial charge is 0.335 e. The third kappa shape index (κ3) is 6.22. The van der Waals surface area contributed by atoms with E-state index in [1.807, 2.05) is 4.57 Å². The number of nitrogens with zero attached hydrogens (tertiary/aromatic N) is 4. The van der Waals surface area contributed by atoms with E-state index in [-0.39, 0.29) is 59.0 Å². The zero-order chi connectivity index (χ0) is 32.4. The van der Waals surface area contributed by atoms with Gasteiger partial charge < -0.3 is 29.2 Å². The van der Waals surface area contributed by atoms with Gasteiger partial charge >= 0.3 is 5.97 Å². The summed E-state index contributed by atoms with van der Waals surface area (Å²) in [7, 11) is 2.96. The Balaban J connectivity index is 1.24. The van der Waals surface area contributed by atoms with Gasteiger partial charge in [0.1, 0.15) is 35.5 Å². The van der Waals surface area contributed by atoms with Crippen LogP contribution in [0.25, 0.3) is 22.3 Å². The standard InChI is InChI=1S/C33H29F2N5O6/c1-36-32(41)27-14-29(44-2)20(15-37-27)17-46-31-5-3-4-25(39-31)22-13-23(34)19(10-24(22)35)12-30-38-26-7-6-18(33(42)43)11-28(26)40(30)16-21-8-9-45-21/h3-7,10-11,13-15,21H,8-9,12,16-17H2,1-2H3,(H,36,41)(H,42,43). The molecule has 3 aromatic heterocycles. The Kier molecular flexibility index (Phi) is 8.57. The number of carbonyl (C=O) groups is 2. The molecule has 1 saturated heterocycles. The number of hydrogen-bond donors (Lipinski definition) is 2. The quantitative estimate of drug-likeness (QED) is 0.211. The number of benzene rings is 2. The van der Waals surface area contributed by atoms with E-state index in [1.165, 1.54) is 38.6 Å². The van der Waals surface area contributed by atoms with Gasteiger partial charge in [0.15, 0.2) is 0 Å². The average Bonchev–Trinajstić information content (AvgIpc) is 3.38. The first-order valence-corrected chi connectivity index (χ1v) is 14.4. The highest BCUT2D eigenvalue weighted by Gasteiger charge is 2.24. The highest BCUT2D eigenvalue weighted by molar-refractivity contribution is 5.93. The molecule has 46 heavy (non-hydrogen) atoms. The summed E-state index contributed by atoms with van der Waals surface area (Å²) in [5.41, 5.74) is 2.16. The molecule has 0 radical (unpaired) electrons. The second-order valence-electron chi connectivity index (χ2n) is 10.6. The minimum atomic E-state index is -1.07. The maximum Gasteiger partial charge on any atom is 0.335 e. The molecule has 11 nitrogen and oxygen atoms in total. The molecule has 1 aliphatic heterocycles. The molecular formula is C33H29F2N5O6. The van der Waals surface area contributed by atoms with Gasteiger partial charge in [0, 0.05) is 49.5 Å². The molecule has 2 N–H and O–H groups in total. The number of pyridine rings is 2. The van der Waals surface area contributed by atoms with Crippen LogP contribution in [0.5, 0.6) is 11.6 Å². The summed E-state index contributed by atoms with van der Waals surface area (Å²) in [6, 6.07) is 13.0. The fourth-order valence-electron chi connectivity index (χ4n) is 5.18. The van der Waals surface area contributed by atoms with Gasteiger partial charge in [0.25, 0.3) is 5.91 Å². The Hall–Kier alpha value is -5.43. The average molecular weight is 630 g/mol. The molecule has 1 amide bonds. The Labute approximate surface area is 261 Å². The zero-order valence-electron chi connectivity index (χ0n) is 24.9. The van der Waals surface area contributed by atoms with Gasteiger partial charge in [-0.15, -0.1) is 0 Å². The molecule has 1 unspecified atom stereocenters. The summed E-state index contributed by atoms with van der Waals surface area (Å²) in [5, 5.41) is 12.0. The number of carboxylic acids is 1. The molecular weight excluding hydrogens is 600 g/mol. The van der Waals surface area contributed by atoms with Crippen LogP contribution in [0.4, 0.5) is 8.78 Å². The van der Waals surface area contributed by atoms with E-state index in [0.29, 0.717) is 41.3 Å². The number of halogens is 2. The number of methoxy groups -OCH3 is 1. The largest absolute Gasteiger partial charge is 0.496 e. The number of carboxylic acid groups (broad SMARTS) is 1. The third-order valence-corrected chi connectivity index (χ3v) is 7.74. The normalized spacial score (nSPS) is 14.1. The molecule has 2 aromatic carbocycles. The van der Waals surface area contributed by atoms with Crippen molar-refractivity contribution in [1.82, 2.24) is 24.8 Å². The lowest BCUT2D eigenvalue weighted by Gasteiger charge is -2.27. The molecule has 5 aromatic rings. The second kappa shape index (κ2) is 12.9. The molecule has 236 valence electrons. The summed E-state index contributed by atoms with van der Waals surface area (Å²) in [4.78, 5) is 36.6. The van der Waals surface area contributed by atoms with Crippen molar-refractivity contribution in [2.24, 2.45) is 0 Å². The number of carbonyl (C=O) groups excluding carboxylic acids is 1. The molecule has 1 aliphatic rings. The van der Waals surface area contributed by atoms with Crippen molar-refractivity contribution in [3.8, 4) is 22.9 Å². The summed E-state index contributed by atoms with van der Waals surface area (Å²) < 4.78 is 49.7. The van der Waals surface area contributed by atoms with E-state index in [0.717, 1.165) is 18.6 Å². The van der Waals surface area contributed by atoms with E-state index >= 15 is 8.78 Å². The van der Waals surface area contributed by atoms with Crippen molar-refractivity contribution in [1.29, 1.82) is 0 Å². The van der Waals surface area contributed by atoms with Crippen LogP contribution in [0.2, 0.25) is 0 Å². The molecule has 0 aliphatic carbocycles. The maximum atomic E-state index is 15.6. The van der Waals surface area contributed by atoms with Crippen LogP contribution in [0, 0.1) is 11.6 Å². The fourth-order valence-corrected chi connectivity index (χ4v) is 5.18. The van der Waals surface area contributed by atoms with Crippen LogP contribution in [0.15, 0.2) is 60.8 Å². The Bertz CT molecular complexity index is 1960. The van der Waals surface area contributed by atoms with Gasteiger partial charge in [0.2, 0.25) is 5.88 Å². The van der Waals surface area contributed by atoms with Crippen molar-refractivity contribution < 1.29 is 37.7 Å². The van der Waals surface area contributed by atoms with Crippen molar-refractivity contribution >= 4 is 22.9 Å². The number of hydrogen-bond acceptors (Lipinski definition) is 8. The highest BCUT2D eigenvalue weighted by Crippen LogP contribution is 2.29. The van der Waals surface area contributed by atoms with Crippen molar-refractivity contribution in [2.45, 2.75) is 32.1 Å². The molecule has 13 heteroatoms. The summed E-state index contributed by atoms with van der Waals surface area (Å²) in [6.07, 6.45) is 2.19. The van der Waals surface area contributed by atoms with Gasteiger partial charge in [-0.1, -0.05) is 6.07 Å². The molecule has 0 bridgehead atoms. The molecule has 1 atom stereocenters. The van der Waals surface area contributed by atoms with E-state index < -0.39 is 17.6 Å². The van der Waals surface area contributed by atoms with Crippen LogP contribution >= 0.6 is 0 Å². The fraction of sp³-hybridized carbons (Fsp3) is 0.242. The lowest BCUT2D eigenvalue weighted by atomic mass is 10.0. The molecule has 4 heterocycles. The van der Waals surface area contributed by atoms with Crippen molar-refractivity contribution in [3.63, 3.8) is 0 Å². The van der Waals surface area contributed by atoms with Crippen molar-refractivity contribution in [2.75, 3.05) is 20.8 Å². The van der Waals surface area contributed by atoms with E-state index in [1.54, 1.807) is 24.3 Å². The first kappa shape index (κ1) is 30.6. The SMILES string of the molecule is CNC(=O)c1cc(OC)c(COc2cccc(-c3cc(F)c(Cc4nc5ccc(C(=O)O)cc5n4CC4CCO4)cc3F)n2)cn1. The third-order valence-electron chi connectivity index (χ3n) is 7.74. The number of nitrogens with one attached hydrogen (secondary N) is 1. The van der Waals surface area contributed by atoms with Crippen molar-refractivity contribution in [3.05, 3.63) is 101 Å². The Morgan fingerprint density at radius 2 is 1.91 bits per heavy atom. The minimum Gasteiger partial charge on any atom is -0.496 e. The number of aromatic carboxylic acids is 1. The number of amides is 1. The minimum absolute atomic E-state index is 0.00269. The van der Waals surface area contributed by atoms with Crippen LogP contribution in [0.1, 0.15) is 44.2 Å². The first-order valence-electron chi connectivity index (χ1n) is 14.4. The lowest BCUT2D eigenvalue weighted by molar-refractivity contribution is -0.0589. The van der Waals surface area contributed by atoms with Crippen LogP contribution in [-0.2, 0) is 24.3 Å². The number of aromatic nitrogens is 4. The summed E-state index contributed by atoms with van der Waals surface area (Å²) in [5.74, 6) is -1.76. The summed E-state index contributed by atoms with van der Waals surface area (Å²) >= 11 is 0. The summed E-state index contributed by atoms with van der Waals surface area (Å²) in [6.45, 7) is 1.04. The molecule has 0 spiro atoms. The predicted molar refractivity (Wildman–Crippen MR) is 162 cm³/mol. The molecule has 6 rings (SSSR count). The van der Waals surface area contributed by atoms with Crippen LogP contribution in [0.3, 0.4) is 0 Å². The number of ether oxygens (including phenoxy) is 3. The topological polar surface area (TPSA) is 138 Å². The van der Waals surface area contributed by atoms with Gasteiger partial charge in [-0.05, 0) is 48.4 Å². The van der Waals surface area contributed by atoms with E-state index in [4.69, 9.17) is 14.2 Å². The first-order chi connectivity index (χ1) is 22.2. The number of rotatable bonds is 11. The van der Waals surface area contributed by atoms with Crippen LogP contribution < -0.4 is 14.8 Å². The lowest BCUT2D eigenvalue weighted by Crippen LogP contribution is -2.31. The Morgan fingerprint density at radius 3 is 2.63 bits per heavy atom. The monoisotopic (exact) mass is 629 g/mol. The van der Waals surface area contributed by atoms with Gasteiger partial charge in [-0.3, -0.25) is 9.78 Å². The van der Waals surface area contributed by atoms with Gasteiger partial charge in [0.05, 0.1) is 42.0 Å². The van der Waals surface area contributed by atoms with Gasteiger partial charge in [-0.2, -0.15) is 0 Å². The highest BCUT2D eigenvalue weighted by atomic mass is 19.1. The molecule has 1 fully saturated rings. The Morgan fingerprint density at radius 1 is 1.09 bits per heavy atom.